The van der Waals surface area contributed by atoms with Gasteiger partial charge in [0.05, 0.1) is 0 Å². The van der Waals surface area contributed by atoms with Crippen LogP contribution in [0.4, 0.5) is 0 Å². The van der Waals surface area contributed by atoms with Crippen molar-refractivity contribution in [2.75, 3.05) is 10.8 Å². The van der Waals surface area contributed by atoms with Crippen molar-refractivity contribution in [1.29, 1.82) is 0 Å². The van der Waals surface area contributed by atoms with Crippen molar-refractivity contribution in [3.05, 3.63) is 121 Å². The van der Waals surface area contributed by atoms with Gasteiger partial charge in [-0.2, -0.15) is 0 Å². The van der Waals surface area contributed by atoms with Gasteiger partial charge < -0.3 is 0 Å². The number of benzene rings is 4. The molecule has 0 fully saturated rings. The first-order chi connectivity index (χ1) is 17.2. The van der Waals surface area contributed by atoms with Crippen LogP contribution in [0.15, 0.2) is 135 Å². The average Bonchev–Trinajstić information content (AvgIpc) is 2.89. The maximum atomic E-state index is 5.99. The van der Waals surface area contributed by atoms with E-state index in [4.69, 9.17) is 13.5 Å². The number of hydrogen-bond donors (Lipinski definition) is 0. The molecule has 1 unspecified atom stereocenters. The summed E-state index contributed by atoms with van der Waals surface area (Å²) in [4.78, 5) is 7.56. The second-order valence-corrected chi connectivity index (χ2v) is 37.1. The molecule has 0 spiro atoms. The summed E-state index contributed by atoms with van der Waals surface area (Å²) in [6.07, 6.45) is 0. The van der Waals surface area contributed by atoms with Crippen LogP contribution in [0.2, 0.25) is 14.8 Å². The molecule has 1 aliphatic heterocycles. The van der Waals surface area contributed by atoms with E-state index in [1.165, 1.54) is 25.4 Å². The Balaban J connectivity index is 2.02. The molecule has 4 aromatic carbocycles. The van der Waals surface area contributed by atoms with Crippen molar-refractivity contribution < 1.29 is 0 Å². The molecule has 5 rings (SSSR count). The van der Waals surface area contributed by atoms with Crippen LogP contribution in [-0.2, 0) is 0 Å². The van der Waals surface area contributed by atoms with E-state index in [0.29, 0.717) is 0 Å². The molecule has 0 radical (unpaired) electrons. The Morgan fingerprint density at radius 1 is 0.472 bits per heavy atom. The number of rotatable bonds is 6. The average molecular weight is 636 g/mol. The van der Waals surface area contributed by atoms with Crippen LogP contribution in [0, 0.1) is 0 Å². The molecule has 0 saturated heterocycles. The first-order valence-electron chi connectivity index (χ1n) is 12.4. The van der Waals surface area contributed by atoms with E-state index in [-0.39, 0.29) is 0 Å². The second-order valence-electron chi connectivity index (χ2n) is 10.6. The predicted octanol–water partition coefficient (Wildman–Crippen LogP) is 8.16. The Bertz CT molecular complexity index is 1340. The monoisotopic (exact) mass is 637 g/mol. The molecule has 0 bridgehead atoms. The summed E-state index contributed by atoms with van der Waals surface area (Å²) in [5.74, 6) is 0. The minimum absolute atomic E-state index is 1.17. The molecule has 3 nitrogen and oxygen atoms in total. The van der Waals surface area contributed by atoms with Crippen LogP contribution in [0.25, 0.3) is 0 Å². The molecular formula is C29H34N3P3Sn. The summed E-state index contributed by atoms with van der Waals surface area (Å²) in [5, 5.41) is 4.94. The van der Waals surface area contributed by atoms with Crippen LogP contribution in [0.5, 0.6) is 0 Å². The predicted molar refractivity (Wildman–Crippen MR) is 166 cm³/mol. The van der Waals surface area contributed by atoms with Gasteiger partial charge in [-0.25, -0.2) is 0 Å². The molecule has 7 heteroatoms. The van der Waals surface area contributed by atoms with E-state index in [9.17, 15) is 0 Å². The molecule has 0 saturated carbocycles. The van der Waals surface area contributed by atoms with Crippen molar-refractivity contribution >= 4 is 61.2 Å². The number of hydrogen-bond acceptors (Lipinski definition) is 3. The SMILES string of the molecule is CP1([CH2][Sn]([CH3])([CH3])[CH3])=NP(c2ccccc2)(c2ccccc2)=NP(c2ccccc2)(c2ccccc2)=N1. The summed E-state index contributed by atoms with van der Waals surface area (Å²) in [5.41, 5.74) is 0. The van der Waals surface area contributed by atoms with Crippen LogP contribution in [0.3, 0.4) is 0 Å². The van der Waals surface area contributed by atoms with Gasteiger partial charge in [0.2, 0.25) is 0 Å². The van der Waals surface area contributed by atoms with E-state index in [0.717, 1.165) is 0 Å². The summed E-state index contributed by atoms with van der Waals surface area (Å²) in [7, 11) is -6.97. The fourth-order valence-corrected chi connectivity index (χ4v) is 39.6. The van der Waals surface area contributed by atoms with Crippen molar-refractivity contribution in [3.63, 3.8) is 0 Å². The molecule has 0 aromatic heterocycles. The van der Waals surface area contributed by atoms with Crippen molar-refractivity contribution in [2.45, 2.75) is 14.8 Å². The molecule has 0 amide bonds. The standard InChI is InChI=1S/C26H25N3P3.3CH3.Sn/c1-30(2)27-31(23-15-7-3-8-16-23,24-17-9-4-10-18-24)29-32(28-30,25-19-11-5-12-20-25)26-21-13-6-14-22-26;;;;/h3-22H,1H2,2H3;3*1H3;. The van der Waals surface area contributed by atoms with Crippen molar-refractivity contribution in [3.8, 4) is 0 Å². The molecule has 184 valence electrons. The molecule has 0 N–H and O–H groups in total. The molecule has 1 aliphatic rings. The van der Waals surface area contributed by atoms with Gasteiger partial charge in [-0.3, -0.25) is 0 Å². The van der Waals surface area contributed by atoms with Gasteiger partial charge >= 0.3 is 222 Å². The molecule has 0 aliphatic carbocycles. The van der Waals surface area contributed by atoms with Gasteiger partial charge in [0.1, 0.15) is 0 Å². The molecule has 1 heterocycles. The van der Waals surface area contributed by atoms with Gasteiger partial charge in [-0.05, 0) is 0 Å². The van der Waals surface area contributed by atoms with Crippen molar-refractivity contribution in [2.24, 2.45) is 13.5 Å². The second kappa shape index (κ2) is 10.3. The normalized spacial score (nSPS) is 20.4. The third kappa shape index (κ3) is 5.19. The maximum absolute atomic E-state index is 5.99. The fraction of sp³-hybridized carbons (Fsp3) is 0.172. The van der Waals surface area contributed by atoms with Gasteiger partial charge in [0, 0.05) is 0 Å². The summed E-state index contributed by atoms with van der Waals surface area (Å²) in [6.45, 7) is 2.39. The van der Waals surface area contributed by atoms with Crippen molar-refractivity contribution in [1.82, 2.24) is 0 Å². The first kappa shape index (κ1) is 26.0. The summed E-state index contributed by atoms with van der Waals surface area (Å²) < 4.78 is 18.9. The van der Waals surface area contributed by atoms with Crippen LogP contribution < -0.4 is 21.2 Å². The quantitative estimate of drug-likeness (QED) is 0.151. The molecular weight excluding hydrogens is 602 g/mol. The first-order valence-corrected chi connectivity index (χ1v) is 28.7. The summed E-state index contributed by atoms with van der Waals surface area (Å²) in [6, 6.07) is 43.4. The third-order valence-electron chi connectivity index (χ3n) is 6.14. The van der Waals surface area contributed by atoms with Crippen LogP contribution in [0.1, 0.15) is 0 Å². The zero-order chi connectivity index (χ0) is 25.3. The zero-order valence-corrected chi connectivity index (χ0v) is 27.0. The Labute approximate surface area is 220 Å². The van der Waals surface area contributed by atoms with Crippen LogP contribution >= 0.6 is 21.6 Å². The minimum atomic E-state index is -2.47. The van der Waals surface area contributed by atoms with E-state index >= 15 is 0 Å². The summed E-state index contributed by atoms with van der Waals surface area (Å²) >= 11 is -2.30. The van der Waals surface area contributed by atoms with E-state index in [1.807, 2.05) is 0 Å². The van der Waals surface area contributed by atoms with Crippen LogP contribution in [-0.4, -0.2) is 29.2 Å². The Kier molecular flexibility index (Phi) is 7.41. The third-order valence-corrected chi connectivity index (χ3v) is 32.2. The van der Waals surface area contributed by atoms with Gasteiger partial charge in [-0.15, -0.1) is 0 Å². The van der Waals surface area contributed by atoms with E-state index in [2.05, 4.69) is 143 Å². The van der Waals surface area contributed by atoms with Gasteiger partial charge in [0.25, 0.3) is 0 Å². The van der Waals surface area contributed by atoms with Gasteiger partial charge in [0.15, 0.2) is 0 Å². The Hall–Kier alpha value is -1.63. The molecule has 1 atom stereocenters. The molecule has 4 aromatic rings. The Morgan fingerprint density at radius 3 is 1.08 bits per heavy atom. The molecule has 36 heavy (non-hydrogen) atoms. The Morgan fingerprint density at radius 2 is 0.778 bits per heavy atom. The number of nitrogens with zero attached hydrogens (tertiary/aromatic N) is 3. The van der Waals surface area contributed by atoms with Gasteiger partial charge in [-0.1, -0.05) is 0 Å². The zero-order valence-electron chi connectivity index (χ0n) is 21.4. The topological polar surface area (TPSA) is 37.1 Å². The van der Waals surface area contributed by atoms with E-state index in [1.54, 1.807) is 0 Å². The van der Waals surface area contributed by atoms with E-state index < -0.39 is 40.0 Å². The fourth-order valence-electron chi connectivity index (χ4n) is 5.02.